The minimum Gasteiger partial charge on any atom is -0.461 e. The standard InChI is InChI=1S/C6H10O3/c1-6(2,7)5-3-8-4-9-5/h3,7H,4H2,1-2H3. The Morgan fingerprint density at radius 1 is 1.67 bits per heavy atom. The largest absolute Gasteiger partial charge is 0.461 e. The van der Waals surface area contributed by atoms with Crippen LogP contribution in [0.15, 0.2) is 12.0 Å². The molecule has 1 aliphatic rings. The third-order valence-electron chi connectivity index (χ3n) is 1.08. The quantitative estimate of drug-likeness (QED) is 0.565. The van der Waals surface area contributed by atoms with Crippen molar-refractivity contribution in [2.45, 2.75) is 19.4 Å². The van der Waals surface area contributed by atoms with Crippen LogP contribution in [0, 0.1) is 0 Å². The van der Waals surface area contributed by atoms with Gasteiger partial charge in [0.05, 0.1) is 0 Å². The molecule has 0 spiro atoms. The summed E-state index contributed by atoms with van der Waals surface area (Å²) in [6, 6.07) is 0. The van der Waals surface area contributed by atoms with Crippen LogP contribution in [0.4, 0.5) is 0 Å². The van der Waals surface area contributed by atoms with Gasteiger partial charge in [-0.25, -0.2) is 0 Å². The number of hydrogen-bond acceptors (Lipinski definition) is 3. The molecule has 9 heavy (non-hydrogen) atoms. The molecule has 0 fully saturated rings. The van der Waals surface area contributed by atoms with E-state index in [4.69, 9.17) is 9.47 Å². The summed E-state index contributed by atoms with van der Waals surface area (Å²) in [4.78, 5) is 0. The zero-order valence-electron chi connectivity index (χ0n) is 5.55. The molecule has 52 valence electrons. The molecular weight excluding hydrogens is 120 g/mol. The van der Waals surface area contributed by atoms with Gasteiger partial charge in [0, 0.05) is 0 Å². The van der Waals surface area contributed by atoms with E-state index in [2.05, 4.69) is 0 Å². The van der Waals surface area contributed by atoms with Crippen LogP contribution in [0.5, 0.6) is 0 Å². The van der Waals surface area contributed by atoms with Gasteiger partial charge in [0.25, 0.3) is 0 Å². The van der Waals surface area contributed by atoms with Gasteiger partial charge in [0.2, 0.25) is 6.79 Å². The minimum atomic E-state index is -0.906. The van der Waals surface area contributed by atoms with Crippen molar-refractivity contribution in [3.8, 4) is 0 Å². The van der Waals surface area contributed by atoms with Crippen LogP contribution < -0.4 is 0 Å². The molecule has 1 heterocycles. The van der Waals surface area contributed by atoms with E-state index in [1.165, 1.54) is 6.26 Å². The Kier molecular flexibility index (Phi) is 1.37. The number of rotatable bonds is 1. The van der Waals surface area contributed by atoms with Crippen LogP contribution in [0.2, 0.25) is 0 Å². The molecule has 1 aliphatic heterocycles. The highest BCUT2D eigenvalue weighted by Gasteiger charge is 2.24. The van der Waals surface area contributed by atoms with Gasteiger partial charge < -0.3 is 14.6 Å². The summed E-state index contributed by atoms with van der Waals surface area (Å²) in [6.07, 6.45) is 1.43. The normalized spacial score (nSPS) is 18.3. The van der Waals surface area contributed by atoms with E-state index < -0.39 is 5.60 Å². The van der Waals surface area contributed by atoms with E-state index in [1.54, 1.807) is 13.8 Å². The molecular formula is C6H10O3. The first kappa shape index (κ1) is 6.42. The monoisotopic (exact) mass is 130 g/mol. The van der Waals surface area contributed by atoms with E-state index in [-0.39, 0.29) is 6.79 Å². The third-order valence-corrected chi connectivity index (χ3v) is 1.08. The molecule has 0 aromatic heterocycles. The lowest BCUT2D eigenvalue weighted by molar-refractivity contribution is 0.0170. The number of aliphatic hydroxyl groups is 1. The van der Waals surface area contributed by atoms with Gasteiger partial charge >= 0.3 is 0 Å². The Morgan fingerprint density at radius 3 is 2.56 bits per heavy atom. The first-order valence-corrected chi connectivity index (χ1v) is 2.78. The van der Waals surface area contributed by atoms with E-state index in [0.29, 0.717) is 5.76 Å². The maximum Gasteiger partial charge on any atom is 0.230 e. The second-order valence-corrected chi connectivity index (χ2v) is 2.47. The third kappa shape index (κ3) is 1.36. The molecule has 0 amide bonds. The molecule has 0 radical (unpaired) electrons. The zero-order chi connectivity index (χ0) is 6.91. The minimum absolute atomic E-state index is 0.222. The number of ether oxygens (including phenoxy) is 2. The fourth-order valence-electron chi connectivity index (χ4n) is 0.562. The predicted molar refractivity (Wildman–Crippen MR) is 31.4 cm³/mol. The molecule has 0 atom stereocenters. The molecule has 0 aromatic carbocycles. The van der Waals surface area contributed by atoms with Gasteiger partial charge in [-0.05, 0) is 13.8 Å². The molecule has 0 aliphatic carbocycles. The predicted octanol–water partition coefficient (Wildman–Crippen LogP) is 0.603. The molecule has 1 N–H and O–H groups in total. The Bertz CT molecular complexity index is 132. The Morgan fingerprint density at radius 2 is 2.33 bits per heavy atom. The van der Waals surface area contributed by atoms with Gasteiger partial charge in [-0.1, -0.05) is 0 Å². The SMILES string of the molecule is CC(C)(O)C1=COCO1. The lowest BCUT2D eigenvalue weighted by Crippen LogP contribution is -2.21. The lowest BCUT2D eigenvalue weighted by Gasteiger charge is -2.15. The molecule has 0 aromatic rings. The fourth-order valence-corrected chi connectivity index (χ4v) is 0.562. The van der Waals surface area contributed by atoms with Gasteiger partial charge in [0.1, 0.15) is 11.9 Å². The first-order valence-electron chi connectivity index (χ1n) is 2.78. The highest BCUT2D eigenvalue weighted by molar-refractivity contribution is 5.04. The van der Waals surface area contributed by atoms with Gasteiger partial charge in [0.15, 0.2) is 5.76 Å². The van der Waals surface area contributed by atoms with Crippen molar-refractivity contribution in [2.24, 2.45) is 0 Å². The second-order valence-electron chi connectivity index (χ2n) is 2.47. The molecule has 3 heteroatoms. The van der Waals surface area contributed by atoms with Crippen molar-refractivity contribution in [1.82, 2.24) is 0 Å². The molecule has 0 unspecified atom stereocenters. The van der Waals surface area contributed by atoms with E-state index in [9.17, 15) is 5.11 Å². The van der Waals surface area contributed by atoms with Gasteiger partial charge in [-0.2, -0.15) is 0 Å². The van der Waals surface area contributed by atoms with Crippen molar-refractivity contribution in [3.63, 3.8) is 0 Å². The first-order chi connectivity index (χ1) is 4.11. The summed E-state index contributed by atoms with van der Waals surface area (Å²) in [5, 5.41) is 9.24. The molecule has 0 bridgehead atoms. The molecule has 0 saturated heterocycles. The zero-order valence-corrected chi connectivity index (χ0v) is 5.55. The summed E-state index contributed by atoms with van der Waals surface area (Å²) in [6.45, 7) is 3.51. The summed E-state index contributed by atoms with van der Waals surface area (Å²) in [5.41, 5.74) is -0.906. The van der Waals surface area contributed by atoms with Crippen LogP contribution in [0.25, 0.3) is 0 Å². The fraction of sp³-hybridized carbons (Fsp3) is 0.667. The lowest BCUT2D eigenvalue weighted by atomic mass is 10.1. The molecule has 3 nitrogen and oxygen atoms in total. The topological polar surface area (TPSA) is 38.7 Å². The van der Waals surface area contributed by atoms with Crippen molar-refractivity contribution in [2.75, 3.05) is 6.79 Å². The average Bonchev–Trinajstić information content (AvgIpc) is 2.08. The van der Waals surface area contributed by atoms with Crippen LogP contribution in [-0.2, 0) is 9.47 Å². The van der Waals surface area contributed by atoms with E-state index >= 15 is 0 Å². The highest BCUT2D eigenvalue weighted by atomic mass is 16.7. The van der Waals surface area contributed by atoms with E-state index in [1.807, 2.05) is 0 Å². The van der Waals surface area contributed by atoms with Crippen LogP contribution in [0.3, 0.4) is 0 Å². The van der Waals surface area contributed by atoms with Crippen molar-refractivity contribution >= 4 is 0 Å². The maximum atomic E-state index is 9.24. The molecule has 0 saturated carbocycles. The number of hydrogen-bond donors (Lipinski definition) is 1. The average molecular weight is 130 g/mol. The van der Waals surface area contributed by atoms with Gasteiger partial charge in [-0.3, -0.25) is 0 Å². The van der Waals surface area contributed by atoms with Crippen molar-refractivity contribution in [1.29, 1.82) is 0 Å². The second kappa shape index (κ2) is 1.92. The van der Waals surface area contributed by atoms with Gasteiger partial charge in [-0.15, -0.1) is 0 Å². The summed E-state index contributed by atoms with van der Waals surface area (Å²) in [7, 11) is 0. The van der Waals surface area contributed by atoms with Crippen LogP contribution in [-0.4, -0.2) is 17.5 Å². The summed E-state index contributed by atoms with van der Waals surface area (Å²) in [5.74, 6) is 0.488. The Balaban J connectivity index is 2.61. The Hall–Kier alpha value is -0.700. The van der Waals surface area contributed by atoms with Crippen LogP contribution in [0.1, 0.15) is 13.8 Å². The summed E-state index contributed by atoms with van der Waals surface area (Å²) >= 11 is 0. The smallest absolute Gasteiger partial charge is 0.230 e. The van der Waals surface area contributed by atoms with Crippen molar-refractivity contribution in [3.05, 3.63) is 12.0 Å². The Labute approximate surface area is 53.9 Å². The van der Waals surface area contributed by atoms with E-state index in [0.717, 1.165) is 0 Å². The van der Waals surface area contributed by atoms with Crippen LogP contribution >= 0.6 is 0 Å². The highest BCUT2D eigenvalue weighted by Crippen LogP contribution is 2.20. The molecule has 1 rings (SSSR count). The maximum absolute atomic E-state index is 9.24. The summed E-state index contributed by atoms with van der Waals surface area (Å²) < 4.78 is 9.65. The van der Waals surface area contributed by atoms with Crippen molar-refractivity contribution < 1.29 is 14.6 Å².